The largest absolute Gasteiger partial charge is 0.497 e. The lowest BCUT2D eigenvalue weighted by molar-refractivity contribution is 0.415. The summed E-state index contributed by atoms with van der Waals surface area (Å²) in [7, 11) is 1.61. The van der Waals surface area contributed by atoms with Crippen LogP contribution in [0.5, 0.6) is 5.75 Å². The fourth-order valence-electron chi connectivity index (χ4n) is 2.01. The molecular formula is C15H10BrCl2N3O. The number of hydrogen-bond donors (Lipinski definition) is 1. The first-order valence-electron chi connectivity index (χ1n) is 6.29. The summed E-state index contributed by atoms with van der Waals surface area (Å²) in [4.78, 5) is 8.52. The van der Waals surface area contributed by atoms with Crippen molar-refractivity contribution in [2.24, 2.45) is 0 Å². The lowest BCUT2D eigenvalue weighted by Gasteiger charge is -2.12. The highest BCUT2D eigenvalue weighted by molar-refractivity contribution is 9.10. The molecule has 0 amide bonds. The third-order valence-corrected chi connectivity index (χ3v) is 4.90. The van der Waals surface area contributed by atoms with Gasteiger partial charge in [0.2, 0.25) is 0 Å². The highest BCUT2D eigenvalue weighted by atomic mass is 79.9. The third kappa shape index (κ3) is 2.84. The highest BCUT2D eigenvalue weighted by Crippen LogP contribution is 2.37. The number of fused-ring (bicyclic) bond motifs is 1. The second-order valence-electron chi connectivity index (χ2n) is 4.45. The summed E-state index contributed by atoms with van der Waals surface area (Å²) in [6, 6.07) is 9.23. The zero-order chi connectivity index (χ0) is 15.7. The first-order chi connectivity index (χ1) is 10.6. The first kappa shape index (κ1) is 15.3. The molecule has 1 heterocycles. The molecule has 0 spiro atoms. The summed E-state index contributed by atoms with van der Waals surface area (Å²) in [6.45, 7) is 0. The van der Waals surface area contributed by atoms with Gasteiger partial charge in [-0.05, 0) is 46.3 Å². The highest BCUT2D eigenvalue weighted by Gasteiger charge is 2.11. The van der Waals surface area contributed by atoms with Crippen LogP contribution in [-0.4, -0.2) is 17.1 Å². The van der Waals surface area contributed by atoms with E-state index in [0.717, 1.165) is 21.1 Å². The van der Waals surface area contributed by atoms with Gasteiger partial charge in [-0.1, -0.05) is 23.2 Å². The molecule has 0 saturated carbocycles. The molecule has 0 aliphatic carbocycles. The Morgan fingerprint density at radius 2 is 1.91 bits per heavy atom. The fraction of sp³-hybridized carbons (Fsp3) is 0.0667. The fourth-order valence-corrected chi connectivity index (χ4v) is 2.83. The van der Waals surface area contributed by atoms with E-state index in [1.807, 2.05) is 30.3 Å². The van der Waals surface area contributed by atoms with Gasteiger partial charge < -0.3 is 10.1 Å². The molecule has 4 nitrogen and oxygen atoms in total. The molecule has 0 bridgehead atoms. The van der Waals surface area contributed by atoms with Crippen molar-refractivity contribution in [3.8, 4) is 5.75 Å². The minimum absolute atomic E-state index is 0.422. The molecule has 0 saturated heterocycles. The van der Waals surface area contributed by atoms with Crippen molar-refractivity contribution in [2.75, 3.05) is 12.4 Å². The second kappa shape index (κ2) is 6.28. The quantitative estimate of drug-likeness (QED) is 0.595. The van der Waals surface area contributed by atoms with Gasteiger partial charge in [0, 0.05) is 9.86 Å². The van der Waals surface area contributed by atoms with Crippen molar-refractivity contribution in [3.63, 3.8) is 0 Å². The molecule has 3 rings (SSSR count). The van der Waals surface area contributed by atoms with Crippen molar-refractivity contribution in [1.29, 1.82) is 0 Å². The van der Waals surface area contributed by atoms with Crippen LogP contribution in [0.4, 0.5) is 11.5 Å². The van der Waals surface area contributed by atoms with Gasteiger partial charge in [-0.25, -0.2) is 9.97 Å². The van der Waals surface area contributed by atoms with Gasteiger partial charge in [0.05, 0.1) is 28.4 Å². The summed E-state index contributed by atoms with van der Waals surface area (Å²) < 4.78 is 5.98. The number of methoxy groups -OCH3 is 1. The molecule has 0 fully saturated rings. The number of halogens is 3. The SMILES string of the molecule is COc1ccc2ncnc(Nc3ccc(Br)c(Cl)c3Cl)c2c1. The van der Waals surface area contributed by atoms with E-state index in [2.05, 4.69) is 31.2 Å². The van der Waals surface area contributed by atoms with Crippen molar-refractivity contribution < 1.29 is 4.74 Å². The number of benzene rings is 2. The molecule has 112 valence electrons. The Balaban J connectivity index is 2.09. The minimum atomic E-state index is 0.422. The van der Waals surface area contributed by atoms with Gasteiger partial charge in [0.1, 0.15) is 17.9 Å². The van der Waals surface area contributed by atoms with Crippen molar-refractivity contribution in [1.82, 2.24) is 9.97 Å². The molecule has 2 aromatic carbocycles. The third-order valence-electron chi connectivity index (χ3n) is 3.13. The van der Waals surface area contributed by atoms with Crippen LogP contribution in [0.3, 0.4) is 0 Å². The van der Waals surface area contributed by atoms with Crippen molar-refractivity contribution in [2.45, 2.75) is 0 Å². The molecule has 7 heteroatoms. The summed E-state index contributed by atoms with van der Waals surface area (Å²) in [5, 5.41) is 4.89. The predicted molar refractivity (Wildman–Crippen MR) is 93.5 cm³/mol. The van der Waals surface area contributed by atoms with E-state index in [1.54, 1.807) is 7.11 Å². The Hall–Kier alpha value is -1.56. The van der Waals surface area contributed by atoms with Crippen LogP contribution in [-0.2, 0) is 0 Å². The topological polar surface area (TPSA) is 47.0 Å². The number of nitrogens with one attached hydrogen (secondary N) is 1. The van der Waals surface area contributed by atoms with E-state index in [-0.39, 0.29) is 0 Å². The molecule has 22 heavy (non-hydrogen) atoms. The van der Waals surface area contributed by atoms with Gasteiger partial charge in [0.25, 0.3) is 0 Å². The Morgan fingerprint density at radius 3 is 2.68 bits per heavy atom. The van der Waals surface area contributed by atoms with Crippen LogP contribution in [0, 0.1) is 0 Å². The van der Waals surface area contributed by atoms with Crippen LogP contribution in [0.25, 0.3) is 10.9 Å². The van der Waals surface area contributed by atoms with Crippen molar-refractivity contribution in [3.05, 3.63) is 51.2 Å². The van der Waals surface area contributed by atoms with Crippen LogP contribution >= 0.6 is 39.1 Å². The summed E-state index contributed by atoms with van der Waals surface area (Å²) in [5.41, 5.74) is 1.47. The zero-order valence-electron chi connectivity index (χ0n) is 11.4. The first-order valence-corrected chi connectivity index (χ1v) is 7.84. The number of ether oxygens (including phenoxy) is 1. The van der Waals surface area contributed by atoms with E-state index in [1.165, 1.54) is 6.33 Å². The van der Waals surface area contributed by atoms with Crippen molar-refractivity contribution >= 4 is 61.5 Å². The molecule has 3 aromatic rings. The maximum absolute atomic E-state index is 6.27. The molecule has 0 aliphatic heterocycles. The maximum Gasteiger partial charge on any atom is 0.141 e. The average molecular weight is 399 g/mol. The zero-order valence-corrected chi connectivity index (χ0v) is 14.5. The molecule has 0 aliphatic rings. The van der Waals surface area contributed by atoms with Crippen LogP contribution in [0.2, 0.25) is 10.0 Å². The molecule has 0 radical (unpaired) electrons. The monoisotopic (exact) mass is 397 g/mol. The van der Waals surface area contributed by atoms with Gasteiger partial charge in [-0.2, -0.15) is 0 Å². The number of anilines is 2. The van der Waals surface area contributed by atoms with Gasteiger partial charge in [-0.15, -0.1) is 0 Å². The maximum atomic E-state index is 6.27. The number of nitrogens with zero attached hydrogens (tertiary/aromatic N) is 2. The van der Waals surface area contributed by atoms with Crippen LogP contribution < -0.4 is 10.1 Å². The lowest BCUT2D eigenvalue weighted by atomic mass is 10.2. The second-order valence-corrected chi connectivity index (χ2v) is 6.06. The molecule has 1 aromatic heterocycles. The summed E-state index contributed by atoms with van der Waals surface area (Å²) in [5.74, 6) is 1.36. The number of rotatable bonds is 3. The number of hydrogen-bond acceptors (Lipinski definition) is 4. The molecular weight excluding hydrogens is 389 g/mol. The van der Waals surface area contributed by atoms with Crippen LogP contribution in [0.1, 0.15) is 0 Å². The normalized spacial score (nSPS) is 10.7. The van der Waals surface area contributed by atoms with E-state index in [4.69, 9.17) is 27.9 Å². The van der Waals surface area contributed by atoms with Gasteiger partial charge in [-0.3, -0.25) is 0 Å². The van der Waals surface area contributed by atoms with Gasteiger partial charge >= 0.3 is 0 Å². The molecule has 0 unspecified atom stereocenters. The summed E-state index contributed by atoms with van der Waals surface area (Å²) >= 11 is 15.7. The Bertz CT molecular complexity index is 858. The van der Waals surface area contributed by atoms with Crippen LogP contribution in [0.15, 0.2) is 41.1 Å². The predicted octanol–water partition coefficient (Wildman–Crippen LogP) is 5.45. The molecule has 1 N–H and O–H groups in total. The molecule has 0 atom stereocenters. The van der Waals surface area contributed by atoms with E-state index in [9.17, 15) is 0 Å². The Kier molecular flexibility index (Phi) is 4.38. The average Bonchev–Trinajstić information content (AvgIpc) is 2.55. The van der Waals surface area contributed by atoms with E-state index < -0.39 is 0 Å². The number of aromatic nitrogens is 2. The summed E-state index contributed by atoms with van der Waals surface area (Å²) in [6.07, 6.45) is 1.49. The minimum Gasteiger partial charge on any atom is -0.497 e. The Labute approximate surface area is 145 Å². The van der Waals surface area contributed by atoms with Gasteiger partial charge in [0.15, 0.2) is 0 Å². The smallest absolute Gasteiger partial charge is 0.141 e. The lowest BCUT2D eigenvalue weighted by Crippen LogP contribution is -1.97. The Morgan fingerprint density at radius 1 is 1.09 bits per heavy atom. The standard InChI is InChI=1S/C15H10BrCl2N3O/c1-22-8-2-4-11-9(6-8)15(20-7-19-11)21-12-5-3-10(16)13(17)14(12)18/h2-7H,1H3,(H,19,20,21). The van der Waals surface area contributed by atoms with E-state index >= 15 is 0 Å². The van der Waals surface area contributed by atoms with E-state index in [0.29, 0.717) is 21.6 Å².